The molecule has 1 aliphatic rings. The van der Waals surface area contributed by atoms with Gasteiger partial charge in [0.1, 0.15) is 0 Å². The molecule has 0 spiro atoms. The van der Waals surface area contributed by atoms with E-state index in [-0.39, 0.29) is 17.7 Å². The Morgan fingerprint density at radius 2 is 1.48 bits per heavy atom. The molecular weight excluding hydrogens is 356 g/mol. The molecule has 3 aromatic carbocycles. The van der Waals surface area contributed by atoms with Gasteiger partial charge in [0, 0.05) is 12.5 Å². The SMILES string of the molecule is NC(=O)C(Cc1ccccc1)(c1ccccc1)C1CCNCC1c1ccccc1. The molecule has 1 aliphatic heterocycles. The van der Waals surface area contributed by atoms with Gasteiger partial charge in [0.05, 0.1) is 5.41 Å². The Kier molecular flexibility index (Phi) is 5.77. The Morgan fingerprint density at radius 3 is 2.10 bits per heavy atom. The van der Waals surface area contributed by atoms with Crippen molar-refractivity contribution in [2.45, 2.75) is 24.2 Å². The maximum Gasteiger partial charge on any atom is 0.228 e. The van der Waals surface area contributed by atoms with Crippen molar-refractivity contribution >= 4 is 5.91 Å². The normalized spacial score (nSPS) is 21.2. The summed E-state index contributed by atoms with van der Waals surface area (Å²) in [5.41, 5.74) is 8.93. The minimum atomic E-state index is -0.759. The van der Waals surface area contributed by atoms with Gasteiger partial charge < -0.3 is 11.1 Å². The Morgan fingerprint density at radius 1 is 0.897 bits per heavy atom. The van der Waals surface area contributed by atoms with E-state index in [1.54, 1.807) is 0 Å². The number of nitrogens with one attached hydrogen (secondary N) is 1. The Balaban J connectivity index is 1.87. The lowest BCUT2D eigenvalue weighted by Crippen LogP contribution is -2.54. The van der Waals surface area contributed by atoms with E-state index in [0.29, 0.717) is 6.42 Å². The van der Waals surface area contributed by atoms with Crippen molar-refractivity contribution in [3.8, 4) is 0 Å². The monoisotopic (exact) mass is 384 g/mol. The molecule has 0 bridgehead atoms. The highest BCUT2D eigenvalue weighted by atomic mass is 16.1. The van der Waals surface area contributed by atoms with Crippen LogP contribution in [0.2, 0.25) is 0 Å². The van der Waals surface area contributed by atoms with Gasteiger partial charge in [-0.1, -0.05) is 91.0 Å². The van der Waals surface area contributed by atoms with Crippen LogP contribution in [0.15, 0.2) is 91.0 Å². The molecule has 3 aromatic rings. The van der Waals surface area contributed by atoms with E-state index < -0.39 is 5.41 Å². The quantitative estimate of drug-likeness (QED) is 0.674. The molecule has 1 amide bonds. The fourth-order valence-corrected chi connectivity index (χ4v) is 5.01. The van der Waals surface area contributed by atoms with Gasteiger partial charge in [-0.3, -0.25) is 4.79 Å². The summed E-state index contributed by atoms with van der Waals surface area (Å²) in [7, 11) is 0. The number of hydrogen-bond acceptors (Lipinski definition) is 2. The van der Waals surface area contributed by atoms with E-state index in [4.69, 9.17) is 5.73 Å². The van der Waals surface area contributed by atoms with Gasteiger partial charge in [0.2, 0.25) is 5.91 Å². The standard InChI is InChI=1S/C26H28N2O/c27-25(29)26(22-14-8-3-9-15-22,18-20-10-4-1-5-11-20)24-16-17-28-19-23(24)21-12-6-2-7-13-21/h1-15,23-24,28H,16-19H2,(H2,27,29). The first-order valence-electron chi connectivity index (χ1n) is 10.4. The van der Waals surface area contributed by atoms with Crippen LogP contribution in [-0.4, -0.2) is 19.0 Å². The number of primary amides is 1. The molecule has 4 rings (SSSR count). The van der Waals surface area contributed by atoms with Crippen LogP contribution in [-0.2, 0) is 16.6 Å². The van der Waals surface area contributed by atoms with Crippen LogP contribution in [0.5, 0.6) is 0 Å². The van der Waals surface area contributed by atoms with Crippen LogP contribution in [0.25, 0.3) is 0 Å². The largest absolute Gasteiger partial charge is 0.369 e. The first-order chi connectivity index (χ1) is 14.2. The van der Waals surface area contributed by atoms with E-state index in [0.717, 1.165) is 30.6 Å². The lowest BCUT2D eigenvalue weighted by molar-refractivity contribution is -0.126. The molecule has 3 nitrogen and oxygen atoms in total. The number of nitrogens with two attached hydrogens (primary N) is 1. The molecule has 0 aliphatic carbocycles. The molecule has 1 saturated heterocycles. The fraction of sp³-hybridized carbons (Fsp3) is 0.269. The van der Waals surface area contributed by atoms with Gasteiger partial charge in [0.15, 0.2) is 0 Å². The zero-order chi connectivity index (χ0) is 20.1. The lowest BCUT2D eigenvalue weighted by Gasteiger charge is -2.45. The summed E-state index contributed by atoms with van der Waals surface area (Å²) in [4.78, 5) is 13.3. The minimum Gasteiger partial charge on any atom is -0.369 e. The smallest absolute Gasteiger partial charge is 0.228 e. The fourth-order valence-electron chi connectivity index (χ4n) is 5.01. The predicted octanol–water partition coefficient (Wildman–Crippen LogP) is 4.05. The van der Waals surface area contributed by atoms with Crippen molar-refractivity contribution in [2.24, 2.45) is 11.7 Å². The zero-order valence-electron chi connectivity index (χ0n) is 16.6. The average molecular weight is 385 g/mol. The summed E-state index contributed by atoms with van der Waals surface area (Å²) in [6.45, 7) is 1.75. The molecule has 0 aromatic heterocycles. The van der Waals surface area contributed by atoms with Crippen LogP contribution >= 0.6 is 0 Å². The third-order valence-electron chi connectivity index (χ3n) is 6.40. The molecule has 1 heterocycles. The molecular formula is C26H28N2O. The molecule has 0 radical (unpaired) electrons. The first-order valence-corrected chi connectivity index (χ1v) is 10.4. The van der Waals surface area contributed by atoms with Gasteiger partial charge in [-0.05, 0) is 42.0 Å². The topological polar surface area (TPSA) is 55.1 Å². The summed E-state index contributed by atoms with van der Waals surface area (Å²) in [5, 5.41) is 3.54. The number of amides is 1. The van der Waals surface area contributed by atoms with Crippen molar-refractivity contribution in [1.29, 1.82) is 0 Å². The second kappa shape index (κ2) is 8.62. The summed E-state index contributed by atoms with van der Waals surface area (Å²) in [6.07, 6.45) is 1.52. The third-order valence-corrected chi connectivity index (χ3v) is 6.40. The number of rotatable bonds is 6. The van der Waals surface area contributed by atoms with Crippen molar-refractivity contribution in [1.82, 2.24) is 5.32 Å². The van der Waals surface area contributed by atoms with Crippen molar-refractivity contribution < 1.29 is 4.79 Å². The molecule has 1 fully saturated rings. The third kappa shape index (κ3) is 3.83. The predicted molar refractivity (Wildman–Crippen MR) is 118 cm³/mol. The molecule has 0 saturated carbocycles. The second-order valence-electron chi connectivity index (χ2n) is 7.98. The van der Waals surface area contributed by atoms with Crippen LogP contribution in [0.4, 0.5) is 0 Å². The maximum atomic E-state index is 13.3. The first kappa shape index (κ1) is 19.4. The summed E-state index contributed by atoms with van der Waals surface area (Å²) >= 11 is 0. The Hall–Kier alpha value is -2.91. The maximum absolute atomic E-state index is 13.3. The number of benzene rings is 3. The van der Waals surface area contributed by atoms with Crippen molar-refractivity contribution in [3.05, 3.63) is 108 Å². The van der Waals surface area contributed by atoms with E-state index in [1.165, 1.54) is 5.56 Å². The van der Waals surface area contributed by atoms with E-state index in [2.05, 4.69) is 53.8 Å². The number of piperidine rings is 1. The minimum absolute atomic E-state index is 0.117. The summed E-state index contributed by atoms with van der Waals surface area (Å²) in [5.74, 6) is 0.105. The second-order valence-corrected chi connectivity index (χ2v) is 7.98. The lowest BCUT2D eigenvalue weighted by atomic mass is 9.59. The van der Waals surface area contributed by atoms with Crippen LogP contribution < -0.4 is 11.1 Å². The Labute approximate surface area is 173 Å². The van der Waals surface area contributed by atoms with Crippen LogP contribution in [0, 0.1) is 5.92 Å². The molecule has 3 unspecified atom stereocenters. The van der Waals surface area contributed by atoms with Crippen LogP contribution in [0.1, 0.15) is 29.0 Å². The molecule has 29 heavy (non-hydrogen) atoms. The van der Waals surface area contributed by atoms with Gasteiger partial charge in [-0.25, -0.2) is 0 Å². The number of carbonyl (C=O) groups is 1. The van der Waals surface area contributed by atoms with E-state index >= 15 is 0 Å². The highest BCUT2D eigenvalue weighted by Gasteiger charge is 2.49. The van der Waals surface area contributed by atoms with Gasteiger partial charge in [-0.15, -0.1) is 0 Å². The highest BCUT2D eigenvalue weighted by Crippen LogP contribution is 2.46. The van der Waals surface area contributed by atoms with Crippen molar-refractivity contribution in [2.75, 3.05) is 13.1 Å². The van der Waals surface area contributed by atoms with Gasteiger partial charge in [0.25, 0.3) is 0 Å². The number of hydrogen-bond donors (Lipinski definition) is 2. The van der Waals surface area contributed by atoms with Crippen LogP contribution in [0.3, 0.4) is 0 Å². The highest BCUT2D eigenvalue weighted by molar-refractivity contribution is 5.88. The van der Waals surface area contributed by atoms with Gasteiger partial charge >= 0.3 is 0 Å². The zero-order valence-corrected chi connectivity index (χ0v) is 16.6. The molecule has 3 atom stereocenters. The van der Waals surface area contributed by atoms with Crippen molar-refractivity contribution in [3.63, 3.8) is 0 Å². The average Bonchev–Trinajstić information content (AvgIpc) is 2.79. The molecule has 148 valence electrons. The van der Waals surface area contributed by atoms with E-state index in [9.17, 15) is 4.79 Å². The molecule has 3 N–H and O–H groups in total. The summed E-state index contributed by atoms with van der Waals surface area (Å²) in [6, 6.07) is 30.9. The Bertz CT molecular complexity index is 927. The van der Waals surface area contributed by atoms with Gasteiger partial charge in [-0.2, -0.15) is 0 Å². The molecule has 3 heteroatoms. The number of carbonyl (C=O) groups excluding carboxylic acids is 1. The summed E-state index contributed by atoms with van der Waals surface area (Å²) < 4.78 is 0. The van der Waals surface area contributed by atoms with E-state index in [1.807, 2.05) is 42.5 Å².